The molecule has 0 N–H and O–H groups in total. The molecule has 1 heterocycles. The molecule has 0 saturated heterocycles. The third-order valence-electron chi connectivity index (χ3n) is 3.49. The van der Waals surface area contributed by atoms with E-state index in [2.05, 4.69) is 0 Å². The first-order valence-electron chi connectivity index (χ1n) is 6.59. The lowest BCUT2D eigenvalue weighted by atomic mass is 10.0. The van der Waals surface area contributed by atoms with Crippen molar-refractivity contribution >= 4 is 10.9 Å². The third kappa shape index (κ3) is 2.01. The van der Waals surface area contributed by atoms with Crippen LogP contribution in [-0.2, 0) is 6.54 Å². The highest BCUT2D eigenvalue weighted by Gasteiger charge is 2.10. The predicted molar refractivity (Wildman–Crippen MR) is 79.3 cm³/mol. The molecule has 3 aromatic rings. The summed E-state index contributed by atoms with van der Waals surface area (Å²) < 4.78 is 16.2. The van der Waals surface area contributed by atoms with Gasteiger partial charge in [-0.15, -0.1) is 0 Å². The van der Waals surface area contributed by atoms with Gasteiger partial charge in [-0.2, -0.15) is 0 Å². The van der Waals surface area contributed by atoms with Crippen molar-refractivity contribution in [3.8, 4) is 11.1 Å². The molecule has 1 aromatic heterocycles. The maximum atomic E-state index is 14.3. The second-order valence-electron chi connectivity index (χ2n) is 4.68. The molecule has 3 heteroatoms. The molecule has 0 aliphatic carbocycles. The highest BCUT2D eigenvalue weighted by atomic mass is 19.1. The van der Waals surface area contributed by atoms with Crippen LogP contribution in [0.15, 0.2) is 59.5 Å². The Kier molecular flexibility index (Phi) is 3.11. The molecule has 0 atom stereocenters. The normalized spacial score (nSPS) is 10.9. The summed E-state index contributed by atoms with van der Waals surface area (Å²) in [6, 6.07) is 13.9. The zero-order valence-corrected chi connectivity index (χ0v) is 11.1. The summed E-state index contributed by atoms with van der Waals surface area (Å²) in [6.45, 7) is 2.73. The van der Waals surface area contributed by atoms with Crippen LogP contribution in [-0.4, -0.2) is 4.57 Å². The molecule has 2 nitrogen and oxygen atoms in total. The first-order valence-corrected chi connectivity index (χ1v) is 6.59. The minimum atomic E-state index is -0.366. The van der Waals surface area contributed by atoms with E-state index in [4.69, 9.17) is 0 Å². The molecular formula is C17H14FNO. The van der Waals surface area contributed by atoms with E-state index in [1.807, 2.05) is 41.8 Å². The lowest BCUT2D eigenvalue weighted by Crippen LogP contribution is -2.07. The van der Waals surface area contributed by atoms with Crippen LogP contribution in [0.25, 0.3) is 22.0 Å². The van der Waals surface area contributed by atoms with Crippen molar-refractivity contribution in [3.05, 3.63) is 70.8 Å². The van der Waals surface area contributed by atoms with Crippen molar-refractivity contribution in [1.82, 2.24) is 4.57 Å². The molecule has 0 unspecified atom stereocenters. The zero-order chi connectivity index (χ0) is 14.1. The smallest absolute Gasteiger partial charge is 0.189 e. The minimum absolute atomic E-state index is 0.150. The van der Waals surface area contributed by atoms with E-state index in [1.54, 1.807) is 12.3 Å². The van der Waals surface area contributed by atoms with E-state index < -0.39 is 0 Å². The van der Waals surface area contributed by atoms with E-state index in [-0.39, 0.29) is 11.2 Å². The number of fused-ring (bicyclic) bond motifs is 1. The van der Waals surface area contributed by atoms with Crippen LogP contribution < -0.4 is 5.43 Å². The SMILES string of the molecule is CCn1ccc(=O)c2cc(F)c(-c3ccccc3)cc21. The molecule has 0 aliphatic rings. The molecule has 0 saturated carbocycles. The highest BCUT2D eigenvalue weighted by Crippen LogP contribution is 2.26. The van der Waals surface area contributed by atoms with Gasteiger partial charge in [0.15, 0.2) is 5.43 Å². The summed E-state index contributed by atoms with van der Waals surface area (Å²) in [6.07, 6.45) is 1.75. The highest BCUT2D eigenvalue weighted by molar-refractivity contribution is 5.85. The number of halogens is 1. The van der Waals surface area contributed by atoms with E-state index in [0.717, 1.165) is 17.6 Å². The molecule has 0 radical (unpaired) electrons. The molecule has 20 heavy (non-hydrogen) atoms. The molecule has 100 valence electrons. The van der Waals surface area contributed by atoms with Gasteiger partial charge in [-0.05, 0) is 24.6 Å². The lowest BCUT2D eigenvalue weighted by molar-refractivity contribution is 0.632. The van der Waals surface area contributed by atoms with Crippen molar-refractivity contribution in [2.45, 2.75) is 13.5 Å². The van der Waals surface area contributed by atoms with Crippen molar-refractivity contribution in [2.75, 3.05) is 0 Å². The van der Waals surface area contributed by atoms with Gasteiger partial charge in [-0.1, -0.05) is 30.3 Å². The topological polar surface area (TPSA) is 22.0 Å². The average Bonchev–Trinajstić information content (AvgIpc) is 2.49. The van der Waals surface area contributed by atoms with E-state index in [9.17, 15) is 9.18 Å². The van der Waals surface area contributed by atoms with Crippen LogP contribution >= 0.6 is 0 Å². The first kappa shape index (κ1) is 12.6. The van der Waals surface area contributed by atoms with Gasteiger partial charge < -0.3 is 4.57 Å². The van der Waals surface area contributed by atoms with E-state index in [0.29, 0.717) is 10.9 Å². The van der Waals surface area contributed by atoms with Gasteiger partial charge in [0.25, 0.3) is 0 Å². The quantitative estimate of drug-likeness (QED) is 0.691. The number of aromatic nitrogens is 1. The molecule has 0 fully saturated rings. The minimum Gasteiger partial charge on any atom is -0.348 e. The summed E-state index contributed by atoms with van der Waals surface area (Å²) >= 11 is 0. The van der Waals surface area contributed by atoms with E-state index in [1.165, 1.54) is 12.1 Å². The van der Waals surface area contributed by atoms with Gasteiger partial charge in [0, 0.05) is 29.8 Å². The maximum absolute atomic E-state index is 14.3. The van der Waals surface area contributed by atoms with Gasteiger partial charge in [-0.25, -0.2) is 4.39 Å². The number of benzene rings is 2. The van der Waals surface area contributed by atoms with Crippen molar-refractivity contribution in [2.24, 2.45) is 0 Å². The van der Waals surface area contributed by atoms with Gasteiger partial charge >= 0.3 is 0 Å². The Morgan fingerprint density at radius 1 is 1.10 bits per heavy atom. The molecular weight excluding hydrogens is 253 g/mol. The first-order chi connectivity index (χ1) is 9.70. The van der Waals surface area contributed by atoms with Crippen molar-refractivity contribution < 1.29 is 4.39 Å². The van der Waals surface area contributed by atoms with Crippen LogP contribution in [0.5, 0.6) is 0 Å². The molecule has 0 bridgehead atoms. The third-order valence-corrected chi connectivity index (χ3v) is 3.49. The summed E-state index contributed by atoms with van der Waals surface area (Å²) in [5, 5.41) is 0.423. The Morgan fingerprint density at radius 3 is 2.55 bits per heavy atom. The fourth-order valence-corrected chi connectivity index (χ4v) is 2.44. The summed E-state index contributed by atoms with van der Waals surface area (Å²) in [5.74, 6) is -0.366. The Balaban J connectivity index is 2.36. The fourth-order valence-electron chi connectivity index (χ4n) is 2.44. The molecule has 2 aromatic carbocycles. The Labute approximate surface area is 116 Å². The summed E-state index contributed by atoms with van der Waals surface area (Å²) in [4.78, 5) is 11.9. The summed E-state index contributed by atoms with van der Waals surface area (Å²) in [5.41, 5.74) is 1.94. The number of nitrogens with zero attached hydrogens (tertiary/aromatic N) is 1. The summed E-state index contributed by atoms with van der Waals surface area (Å²) in [7, 11) is 0. The van der Waals surface area contributed by atoms with Crippen LogP contribution in [0.1, 0.15) is 6.92 Å². The van der Waals surface area contributed by atoms with Crippen LogP contribution in [0.3, 0.4) is 0 Å². The Hall–Kier alpha value is -2.42. The lowest BCUT2D eigenvalue weighted by Gasteiger charge is -2.11. The van der Waals surface area contributed by atoms with E-state index >= 15 is 0 Å². The second-order valence-corrected chi connectivity index (χ2v) is 4.68. The fraction of sp³-hybridized carbons (Fsp3) is 0.118. The Bertz CT molecular complexity index is 822. The second kappa shape index (κ2) is 4.93. The van der Waals surface area contributed by atoms with Gasteiger partial charge in [0.1, 0.15) is 5.82 Å². The maximum Gasteiger partial charge on any atom is 0.189 e. The predicted octanol–water partition coefficient (Wildman–Crippen LogP) is 3.83. The number of pyridine rings is 1. The number of hydrogen-bond donors (Lipinski definition) is 0. The number of hydrogen-bond acceptors (Lipinski definition) is 1. The van der Waals surface area contributed by atoms with Crippen molar-refractivity contribution in [1.29, 1.82) is 0 Å². The molecule has 0 spiro atoms. The van der Waals surface area contributed by atoms with Gasteiger partial charge in [0.2, 0.25) is 0 Å². The van der Waals surface area contributed by atoms with Gasteiger partial charge in [0.05, 0.1) is 5.52 Å². The number of rotatable bonds is 2. The standard InChI is InChI=1S/C17H14FNO/c1-2-19-9-8-17(20)14-10-15(18)13(11-16(14)19)12-6-4-3-5-7-12/h3-11H,2H2,1H3. The van der Waals surface area contributed by atoms with Crippen LogP contribution in [0.4, 0.5) is 4.39 Å². The van der Waals surface area contributed by atoms with Gasteiger partial charge in [-0.3, -0.25) is 4.79 Å². The van der Waals surface area contributed by atoms with Crippen LogP contribution in [0.2, 0.25) is 0 Å². The zero-order valence-electron chi connectivity index (χ0n) is 11.1. The molecule has 0 aliphatic heterocycles. The van der Waals surface area contributed by atoms with Crippen LogP contribution in [0, 0.1) is 5.82 Å². The monoisotopic (exact) mass is 267 g/mol. The largest absolute Gasteiger partial charge is 0.348 e. The Morgan fingerprint density at radius 2 is 1.85 bits per heavy atom. The molecule has 0 amide bonds. The van der Waals surface area contributed by atoms with Crippen molar-refractivity contribution in [3.63, 3.8) is 0 Å². The molecule has 3 rings (SSSR count). The number of aryl methyl sites for hydroxylation is 1. The average molecular weight is 267 g/mol.